The molecule has 0 radical (unpaired) electrons. The van der Waals surface area contributed by atoms with Crippen molar-refractivity contribution < 1.29 is 0 Å². The van der Waals surface area contributed by atoms with Crippen LogP contribution in [0, 0.1) is 0 Å². The minimum atomic E-state index is 0.661. The van der Waals surface area contributed by atoms with Crippen molar-refractivity contribution in [2.45, 2.75) is 19.0 Å². The van der Waals surface area contributed by atoms with Gasteiger partial charge in [0.15, 0.2) is 0 Å². The summed E-state index contributed by atoms with van der Waals surface area (Å²) < 4.78 is 0. The molecule has 2 rings (SSSR count). The molecular formula is C10H15ClN2S. The number of hydrogen-bond donors (Lipinski definition) is 1. The molecule has 2 heterocycles. The maximum absolute atomic E-state index is 6.06. The van der Waals surface area contributed by atoms with Crippen LogP contribution < -0.4 is 5.32 Å². The lowest BCUT2D eigenvalue weighted by Gasteiger charge is -2.14. The summed E-state index contributed by atoms with van der Waals surface area (Å²) >= 11 is 7.81. The lowest BCUT2D eigenvalue weighted by molar-refractivity contribution is 0.325. The molecule has 0 saturated carbocycles. The summed E-state index contributed by atoms with van der Waals surface area (Å²) in [6.07, 6.45) is 1.25. The first-order valence-electron chi connectivity index (χ1n) is 4.91. The monoisotopic (exact) mass is 230 g/mol. The van der Waals surface area contributed by atoms with Crippen molar-refractivity contribution >= 4 is 22.9 Å². The van der Waals surface area contributed by atoms with Crippen LogP contribution >= 0.6 is 22.9 Å². The maximum Gasteiger partial charge on any atom is 0.0558 e. The van der Waals surface area contributed by atoms with Crippen LogP contribution in [0.25, 0.3) is 0 Å². The molecule has 1 atom stereocenters. The molecule has 14 heavy (non-hydrogen) atoms. The van der Waals surface area contributed by atoms with Gasteiger partial charge >= 0.3 is 0 Å². The molecule has 1 aliphatic rings. The van der Waals surface area contributed by atoms with Crippen LogP contribution in [-0.4, -0.2) is 31.1 Å². The third kappa shape index (κ3) is 2.28. The smallest absolute Gasteiger partial charge is 0.0558 e. The number of rotatable bonds is 3. The Morgan fingerprint density at radius 3 is 3.14 bits per heavy atom. The molecule has 1 aliphatic heterocycles. The summed E-state index contributed by atoms with van der Waals surface area (Å²) in [7, 11) is 2.03. The molecule has 2 nitrogen and oxygen atoms in total. The van der Waals surface area contributed by atoms with Gasteiger partial charge in [-0.1, -0.05) is 11.6 Å². The van der Waals surface area contributed by atoms with E-state index in [1.165, 1.54) is 17.8 Å². The molecule has 4 heteroatoms. The first kappa shape index (κ1) is 10.4. The summed E-state index contributed by atoms with van der Waals surface area (Å²) in [5, 5.41) is 6.30. The van der Waals surface area contributed by atoms with Crippen molar-refractivity contribution in [2.75, 3.05) is 20.1 Å². The standard InChI is InChI=1S/C10H15ClN2S/c1-12-8-2-4-13(6-8)7-10-9(11)3-5-14-10/h3,5,8,12H,2,4,6-7H2,1H3. The highest BCUT2D eigenvalue weighted by molar-refractivity contribution is 7.10. The molecule has 1 N–H and O–H groups in total. The van der Waals surface area contributed by atoms with Gasteiger partial charge in [-0.2, -0.15) is 0 Å². The lowest BCUT2D eigenvalue weighted by atomic mass is 10.3. The first-order valence-corrected chi connectivity index (χ1v) is 6.17. The normalized spacial score (nSPS) is 23.1. The molecule has 1 unspecified atom stereocenters. The molecule has 1 aromatic heterocycles. The lowest BCUT2D eigenvalue weighted by Crippen LogP contribution is -2.29. The highest BCUT2D eigenvalue weighted by atomic mass is 35.5. The van der Waals surface area contributed by atoms with Crippen molar-refractivity contribution in [1.29, 1.82) is 0 Å². The number of halogens is 1. The van der Waals surface area contributed by atoms with Gasteiger partial charge in [0, 0.05) is 30.6 Å². The third-order valence-electron chi connectivity index (χ3n) is 2.74. The Labute approximate surface area is 93.9 Å². The summed E-state index contributed by atoms with van der Waals surface area (Å²) in [6.45, 7) is 3.33. The second-order valence-electron chi connectivity index (χ2n) is 3.70. The Hall–Kier alpha value is -0.0900. The zero-order valence-electron chi connectivity index (χ0n) is 8.29. The van der Waals surface area contributed by atoms with E-state index in [4.69, 9.17) is 11.6 Å². The Morgan fingerprint density at radius 2 is 2.57 bits per heavy atom. The van der Waals surface area contributed by atoms with Gasteiger partial charge in [-0.25, -0.2) is 0 Å². The van der Waals surface area contributed by atoms with Gasteiger partial charge in [0.1, 0.15) is 0 Å². The van der Waals surface area contributed by atoms with Gasteiger partial charge in [0.25, 0.3) is 0 Å². The van der Waals surface area contributed by atoms with Gasteiger partial charge in [-0.3, -0.25) is 4.90 Å². The molecule has 78 valence electrons. The van der Waals surface area contributed by atoms with Gasteiger partial charge in [-0.05, 0) is 24.9 Å². The third-order valence-corrected chi connectivity index (χ3v) is 4.11. The fraction of sp³-hybridized carbons (Fsp3) is 0.600. The molecule has 0 amide bonds. The highest BCUT2D eigenvalue weighted by Crippen LogP contribution is 2.24. The highest BCUT2D eigenvalue weighted by Gasteiger charge is 2.21. The number of nitrogens with zero attached hydrogens (tertiary/aromatic N) is 1. The average molecular weight is 231 g/mol. The van der Waals surface area contributed by atoms with E-state index in [2.05, 4.69) is 15.6 Å². The van der Waals surface area contributed by atoms with E-state index in [-0.39, 0.29) is 0 Å². The minimum Gasteiger partial charge on any atom is -0.316 e. The predicted octanol–water partition coefficient (Wildman–Crippen LogP) is 2.20. The molecule has 1 aromatic rings. The van der Waals surface area contributed by atoms with E-state index < -0.39 is 0 Å². The van der Waals surface area contributed by atoms with E-state index in [1.54, 1.807) is 11.3 Å². The van der Waals surface area contributed by atoms with Crippen molar-refractivity contribution in [3.05, 3.63) is 21.3 Å². The van der Waals surface area contributed by atoms with Gasteiger partial charge in [0.2, 0.25) is 0 Å². The molecule has 0 bridgehead atoms. The molecule has 1 saturated heterocycles. The van der Waals surface area contributed by atoms with E-state index in [0.717, 1.165) is 18.1 Å². The van der Waals surface area contributed by atoms with Gasteiger partial charge in [0.05, 0.1) is 5.02 Å². The van der Waals surface area contributed by atoms with Gasteiger partial charge in [-0.15, -0.1) is 11.3 Å². The van der Waals surface area contributed by atoms with Crippen LogP contribution in [0.2, 0.25) is 5.02 Å². The van der Waals surface area contributed by atoms with Crippen molar-refractivity contribution in [2.24, 2.45) is 0 Å². The number of nitrogens with one attached hydrogen (secondary N) is 1. The van der Waals surface area contributed by atoms with Crippen molar-refractivity contribution in [3.63, 3.8) is 0 Å². The van der Waals surface area contributed by atoms with Crippen LogP contribution in [-0.2, 0) is 6.54 Å². The number of likely N-dealkylation sites (tertiary alicyclic amines) is 1. The van der Waals surface area contributed by atoms with E-state index in [9.17, 15) is 0 Å². The second kappa shape index (κ2) is 4.62. The largest absolute Gasteiger partial charge is 0.316 e. The van der Waals surface area contributed by atoms with E-state index >= 15 is 0 Å². The predicted molar refractivity (Wildman–Crippen MR) is 62.1 cm³/mol. The Kier molecular flexibility index (Phi) is 3.44. The summed E-state index contributed by atoms with van der Waals surface area (Å²) in [5.41, 5.74) is 0. The number of thiophene rings is 1. The zero-order valence-corrected chi connectivity index (χ0v) is 9.87. The second-order valence-corrected chi connectivity index (χ2v) is 5.11. The molecular weight excluding hydrogens is 216 g/mol. The Bertz CT molecular complexity index is 300. The first-order chi connectivity index (χ1) is 6.79. The summed E-state index contributed by atoms with van der Waals surface area (Å²) in [6, 6.07) is 2.64. The van der Waals surface area contributed by atoms with Crippen LogP contribution in [0.4, 0.5) is 0 Å². The maximum atomic E-state index is 6.06. The van der Waals surface area contributed by atoms with E-state index in [0.29, 0.717) is 6.04 Å². The van der Waals surface area contributed by atoms with Crippen LogP contribution in [0.1, 0.15) is 11.3 Å². The fourth-order valence-electron chi connectivity index (χ4n) is 1.85. The molecule has 0 aromatic carbocycles. The minimum absolute atomic E-state index is 0.661. The average Bonchev–Trinajstić information content (AvgIpc) is 2.77. The molecule has 1 fully saturated rings. The van der Waals surface area contributed by atoms with E-state index in [1.807, 2.05) is 13.1 Å². The van der Waals surface area contributed by atoms with Gasteiger partial charge < -0.3 is 5.32 Å². The zero-order chi connectivity index (χ0) is 9.97. The number of likely N-dealkylation sites (N-methyl/N-ethyl adjacent to an activating group) is 1. The summed E-state index contributed by atoms with van der Waals surface area (Å²) in [5.74, 6) is 0. The van der Waals surface area contributed by atoms with Crippen molar-refractivity contribution in [1.82, 2.24) is 10.2 Å². The topological polar surface area (TPSA) is 15.3 Å². The van der Waals surface area contributed by atoms with Crippen LogP contribution in [0.15, 0.2) is 11.4 Å². The SMILES string of the molecule is CNC1CCN(Cc2sccc2Cl)C1. The molecule has 0 aliphatic carbocycles. The quantitative estimate of drug-likeness (QED) is 0.857. The van der Waals surface area contributed by atoms with Crippen LogP contribution in [0.5, 0.6) is 0 Å². The number of hydrogen-bond acceptors (Lipinski definition) is 3. The fourth-order valence-corrected chi connectivity index (χ4v) is 2.99. The Balaban J connectivity index is 1.90. The van der Waals surface area contributed by atoms with Crippen LogP contribution in [0.3, 0.4) is 0 Å². The Morgan fingerprint density at radius 1 is 1.71 bits per heavy atom. The molecule has 0 spiro atoms. The van der Waals surface area contributed by atoms with Crippen molar-refractivity contribution in [3.8, 4) is 0 Å². The summed E-state index contributed by atoms with van der Waals surface area (Å²) in [4.78, 5) is 3.75.